The molecule has 1 aliphatic carbocycles. The van der Waals surface area contributed by atoms with E-state index in [1.54, 1.807) is 6.20 Å². The lowest BCUT2D eigenvalue weighted by molar-refractivity contribution is 0.288. The van der Waals surface area contributed by atoms with Gasteiger partial charge in [0.25, 0.3) is 0 Å². The maximum absolute atomic E-state index is 5.80. The number of unbranched alkanes of at least 4 members (excludes halogenated alkanes) is 1. The summed E-state index contributed by atoms with van der Waals surface area (Å²) in [5.41, 5.74) is 6.86. The highest BCUT2D eigenvalue weighted by molar-refractivity contribution is 14.0. The number of guanidine groups is 1. The van der Waals surface area contributed by atoms with Crippen molar-refractivity contribution in [2.24, 2.45) is 16.6 Å². The van der Waals surface area contributed by atoms with Crippen LogP contribution >= 0.6 is 24.0 Å². The van der Waals surface area contributed by atoms with Gasteiger partial charge in [-0.3, -0.25) is 0 Å². The number of aromatic nitrogens is 1. The molecule has 2 rings (SSSR count). The Morgan fingerprint density at radius 3 is 3.05 bits per heavy atom. The van der Waals surface area contributed by atoms with Crippen LogP contribution in [0.4, 0.5) is 0 Å². The van der Waals surface area contributed by atoms with Gasteiger partial charge in [-0.05, 0) is 36.8 Å². The molecule has 1 saturated carbocycles. The SMILES string of the molecule is CCCCNC(N)=NCc1ccnc(OCC2CC2)c1.I. The minimum Gasteiger partial charge on any atom is -0.477 e. The fourth-order valence-corrected chi connectivity index (χ4v) is 1.74. The second-order valence-corrected chi connectivity index (χ2v) is 5.24. The Kier molecular flexibility index (Phi) is 8.41. The number of nitrogens with two attached hydrogens (primary N) is 1. The third-order valence-corrected chi connectivity index (χ3v) is 3.23. The van der Waals surface area contributed by atoms with Crippen LogP contribution in [-0.2, 0) is 6.54 Å². The Hall–Kier alpha value is -1.05. The molecule has 0 amide bonds. The van der Waals surface area contributed by atoms with Crippen molar-refractivity contribution in [1.29, 1.82) is 0 Å². The molecule has 1 fully saturated rings. The minimum atomic E-state index is 0. The van der Waals surface area contributed by atoms with E-state index in [1.807, 2.05) is 12.1 Å². The predicted octanol–water partition coefficient (Wildman–Crippen LogP) is 2.69. The lowest BCUT2D eigenvalue weighted by atomic mass is 10.3. The number of nitrogens with zero attached hydrogens (tertiary/aromatic N) is 2. The molecule has 3 N–H and O–H groups in total. The average molecular weight is 404 g/mol. The lowest BCUT2D eigenvalue weighted by Crippen LogP contribution is -2.32. The summed E-state index contributed by atoms with van der Waals surface area (Å²) in [6.45, 7) is 4.35. The smallest absolute Gasteiger partial charge is 0.213 e. The van der Waals surface area contributed by atoms with Gasteiger partial charge in [0.05, 0.1) is 13.2 Å². The summed E-state index contributed by atoms with van der Waals surface area (Å²) >= 11 is 0. The monoisotopic (exact) mass is 404 g/mol. The number of aliphatic imine (C=N–C) groups is 1. The molecule has 0 unspecified atom stereocenters. The van der Waals surface area contributed by atoms with Crippen molar-refractivity contribution in [1.82, 2.24) is 10.3 Å². The first-order valence-electron chi connectivity index (χ1n) is 7.39. The molecule has 0 bridgehead atoms. The van der Waals surface area contributed by atoms with Gasteiger partial charge in [0.1, 0.15) is 0 Å². The third-order valence-electron chi connectivity index (χ3n) is 3.23. The minimum absolute atomic E-state index is 0. The van der Waals surface area contributed by atoms with E-state index in [0.717, 1.165) is 37.5 Å². The van der Waals surface area contributed by atoms with E-state index in [0.29, 0.717) is 18.4 Å². The van der Waals surface area contributed by atoms with Crippen LogP contribution in [0.15, 0.2) is 23.3 Å². The van der Waals surface area contributed by atoms with Gasteiger partial charge in [0, 0.05) is 18.8 Å². The molecule has 1 aromatic heterocycles. The summed E-state index contributed by atoms with van der Waals surface area (Å²) < 4.78 is 5.65. The highest BCUT2D eigenvalue weighted by Gasteiger charge is 2.22. The Bertz CT molecular complexity index is 449. The zero-order valence-electron chi connectivity index (χ0n) is 12.5. The lowest BCUT2D eigenvalue weighted by Gasteiger charge is -2.06. The van der Waals surface area contributed by atoms with E-state index >= 15 is 0 Å². The van der Waals surface area contributed by atoms with E-state index in [9.17, 15) is 0 Å². The molecule has 1 heterocycles. The van der Waals surface area contributed by atoms with Gasteiger partial charge in [0.2, 0.25) is 5.88 Å². The van der Waals surface area contributed by atoms with Crippen LogP contribution in [0.25, 0.3) is 0 Å². The van der Waals surface area contributed by atoms with Crippen LogP contribution in [0.3, 0.4) is 0 Å². The van der Waals surface area contributed by atoms with Crippen molar-refractivity contribution >= 4 is 29.9 Å². The molecule has 118 valence electrons. The van der Waals surface area contributed by atoms with Crippen molar-refractivity contribution in [3.05, 3.63) is 23.9 Å². The molecule has 0 saturated heterocycles. The van der Waals surface area contributed by atoms with Crippen LogP contribution in [0.1, 0.15) is 38.2 Å². The summed E-state index contributed by atoms with van der Waals surface area (Å²) in [7, 11) is 0. The van der Waals surface area contributed by atoms with Gasteiger partial charge in [-0.15, -0.1) is 24.0 Å². The van der Waals surface area contributed by atoms with E-state index < -0.39 is 0 Å². The molecule has 1 aliphatic rings. The number of rotatable bonds is 8. The molecule has 1 aromatic rings. The summed E-state index contributed by atoms with van der Waals surface area (Å²) in [5, 5.41) is 3.10. The van der Waals surface area contributed by atoms with E-state index in [2.05, 4.69) is 22.2 Å². The van der Waals surface area contributed by atoms with Crippen LogP contribution in [0.5, 0.6) is 5.88 Å². The van der Waals surface area contributed by atoms with Gasteiger partial charge in [-0.1, -0.05) is 13.3 Å². The van der Waals surface area contributed by atoms with Crippen molar-refractivity contribution in [2.75, 3.05) is 13.2 Å². The second-order valence-electron chi connectivity index (χ2n) is 5.24. The highest BCUT2D eigenvalue weighted by atomic mass is 127. The fraction of sp³-hybridized carbons (Fsp3) is 0.600. The molecule has 0 aromatic carbocycles. The highest BCUT2D eigenvalue weighted by Crippen LogP contribution is 2.29. The quantitative estimate of drug-likeness (QED) is 0.303. The van der Waals surface area contributed by atoms with Crippen LogP contribution in [-0.4, -0.2) is 24.1 Å². The summed E-state index contributed by atoms with van der Waals surface area (Å²) in [5.74, 6) is 1.91. The van der Waals surface area contributed by atoms with Crippen molar-refractivity contribution in [3.63, 3.8) is 0 Å². The summed E-state index contributed by atoms with van der Waals surface area (Å²) in [6, 6.07) is 3.87. The van der Waals surface area contributed by atoms with E-state index in [-0.39, 0.29) is 24.0 Å². The van der Waals surface area contributed by atoms with Crippen molar-refractivity contribution in [3.8, 4) is 5.88 Å². The molecule has 0 radical (unpaired) electrons. The van der Waals surface area contributed by atoms with Gasteiger partial charge >= 0.3 is 0 Å². The molecular weight excluding hydrogens is 379 g/mol. The Balaban J connectivity index is 0.00000220. The van der Waals surface area contributed by atoms with E-state index in [4.69, 9.17) is 10.5 Å². The number of hydrogen-bond acceptors (Lipinski definition) is 3. The zero-order valence-corrected chi connectivity index (χ0v) is 14.9. The standard InChI is InChI=1S/C15H24N4O.HI/c1-2-3-7-18-15(16)19-10-13-6-8-17-14(9-13)20-11-12-4-5-12;/h6,8-9,12H,2-5,7,10-11H2,1H3,(H3,16,18,19);1H. The summed E-state index contributed by atoms with van der Waals surface area (Å²) in [4.78, 5) is 8.52. The van der Waals surface area contributed by atoms with E-state index in [1.165, 1.54) is 12.8 Å². The largest absolute Gasteiger partial charge is 0.477 e. The van der Waals surface area contributed by atoms with Crippen LogP contribution in [0, 0.1) is 5.92 Å². The topological polar surface area (TPSA) is 72.5 Å². The van der Waals surface area contributed by atoms with Gasteiger partial charge < -0.3 is 15.8 Å². The van der Waals surface area contributed by atoms with Gasteiger partial charge in [-0.2, -0.15) is 0 Å². The molecule has 21 heavy (non-hydrogen) atoms. The normalized spacial score (nSPS) is 14.4. The first kappa shape index (κ1) is 18.0. The molecular formula is C15H25IN4O. The average Bonchev–Trinajstić information content (AvgIpc) is 3.28. The zero-order chi connectivity index (χ0) is 14.2. The number of nitrogens with one attached hydrogen (secondary N) is 1. The maximum atomic E-state index is 5.80. The van der Waals surface area contributed by atoms with Gasteiger partial charge in [0.15, 0.2) is 5.96 Å². The first-order chi connectivity index (χ1) is 9.78. The molecule has 5 nitrogen and oxygen atoms in total. The molecule has 0 spiro atoms. The van der Waals surface area contributed by atoms with Crippen LogP contribution < -0.4 is 15.8 Å². The number of halogens is 1. The maximum Gasteiger partial charge on any atom is 0.213 e. The fourth-order valence-electron chi connectivity index (χ4n) is 1.74. The third kappa shape index (κ3) is 7.50. The van der Waals surface area contributed by atoms with Crippen LogP contribution in [0.2, 0.25) is 0 Å². The van der Waals surface area contributed by atoms with Crippen molar-refractivity contribution < 1.29 is 4.74 Å². The van der Waals surface area contributed by atoms with Crippen molar-refractivity contribution in [2.45, 2.75) is 39.2 Å². The predicted molar refractivity (Wildman–Crippen MR) is 96.1 cm³/mol. The Morgan fingerprint density at radius 2 is 2.33 bits per heavy atom. The first-order valence-corrected chi connectivity index (χ1v) is 7.39. The summed E-state index contributed by atoms with van der Waals surface area (Å²) in [6.07, 6.45) is 6.57. The molecule has 6 heteroatoms. The number of ether oxygens (including phenoxy) is 1. The Labute approximate surface area is 143 Å². The number of hydrogen-bond donors (Lipinski definition) is 2. The molecule has 0 atom stereocenters. The molecule has 0 aliphatic heterocycles. The number of pyridine rings is 1. The Morgan fingerprint density at radius 1 is 1.52 bits per heavy atom. The van der Waals surface area contributed by atoms with Gasteiger partial charge in [-0.25, -0.2) is 9.98 Å². The second kappa shape index (κ2) is 9.81.